The molecule has 0 saturated heterocycles. The Kier molecular flexibility index (Phi) is 6.25. The second kappa shape index (κ2) is 8.74. The van der Waals surface area contributed by atoms with Crippen LogP contribution in [0.1, 0.15) is 10.4 Å². The van der Waals surface area contributed by atoms with Gasteiger partial charge in [0.05, 0.1) is 21.2 Å². The number of azo groups is 1. The smallest absolute Gasteiger partial charge is 0.339 e. The highest BCUT2D eigenvalue weighted by Gasteiger charge is 2.24. The van der Waals surface area contributed by atoms with E-state index in [1.807, 2.05) is 0 Å². The molecule has 0 amide bonds. The molecule has 166 valence electrons. The number of sulfonamides is 2. The average Bonchev–Trinajstić information content (AvgIpc) is 2.73. The molecule has 13 heteroatoms. The van der Waals surface area contributed by atoms with Gasteiger partial charge >= 0.3 is 5.97 Å². The SMILES string of the molecule is Nc1ccc(S(=O)(=O)NS(=O)(=O)c2ccc(N=Nc3ccc(O)c(C(=O)O)c3)cc2)cc1. The van der Waals surface area contributed by atoms with Crippen molar-refractivity contribution in [1.29, 1.82) is 0 Å². The monoisotopic (exact) mass is 476 g/mol. The Balaban J connectivity index is 1.78. The van der Waals surface area contributed by atoms with Crippen LogP contribution in [0.4, 0.5) is 17.1 Å². The molecule has 0 spiro atoms. The Morgan fingerprint density at radius 3 is 1.78 bits per heavy atom. The summed E-state index contributed by atoms with van der Waals surface area (Å²) in [4.78, 5) is 10.4. The van der Waals surface area contributed by atoms with Crippen molar-refractivity contribution in [3.05, 3.63) is 72.3 Å². The molecule has 0 aromatic heterocycles. The Hall–Kier alpha value is -3.81. The summed E-state index contributed by atoms with van der Waals surface area (Å²) in [6.45, 7) is 0. The van der Waals surface area contributed by atoms with E-state index in [0.29, 0.717) is 5.69 Å². The topological polar surface area (TPSA) is 189 Å². The van der Waals surface area contributed by atoms with Gasteiger partial charge in [0, 0.05) is 5.69 Å². The molecule has 0 bridgehead atoms. The van der Waals surface area contributed by atoms with E-state index in [1.54, 1.807) is 4.13 Å². The molecule has 0 heterocycles. The van der Waals surface area contributed by atoms with Crippen LogP contribution in [0.15, 0.2) is 86.7 Å². The number of nitrogen functional groups attached to an aromatic ring is 1. The van der Waals surface area contributed by atoms with Crippen molar-refractivity contribution >= 4 is 43.1 Å². The molecule has 0 aliphatic heterocycles. The Morgan fingerprint density at radius 2 is 1.25 bits per heavy atom. The number of carboxylic acid groups (broad SMARTS) is 1. The molecule has 3 aromatic carbocycles. The number of benzene rings is 3. The molecular formula is C19H16N4O7S2. The zero-order valence-corrected chi connectivity index (χ0v) is 17.7. The van der Waals surface area contributed by atoms with Gasteiger partial charge in [-0.15, -0.1) is 4.13 Å². The van der Waals surface area contributed by atoms with E-state index in [-0.39, 0.29) is 26.7 Å². The van der Waals surface area contributed by atoms with Crippen molar-refractivity contribution < 1.29 is 31.8 Å². The van der Waals surface area contributed by atoms with Gasteiger partial charge in [-0.05, 0) is 66.7 Å². The summed E-state index contributed by atoms with van der Waals surface area (Å²) in [7, 11) is -8.77. The first-order chi connectivity index (χ1) is 15.0. The number of phenols is 1. The first-order valence-corrected chi connectivity index (χ1v) is 11.7. The lowest BCUT2D eigenvalue weighted by Crippen LogP contribution is -2.30. The third kappa shape index (κ3) is 5.26. The number of nitrogens with zero attached hydrogens (tertiary/aromatic N) is 2. The van der Waals surface area contributed by atoms with Gasteiger partial charge < -0.3 is 15.9 Å². The van der Waals surface area contributed by atoms with Gasteiger partial charge in [-0.2, -0.15) is 10.2 Å². The first kappa shape index (κ1) is 22.9. The lowest BCUT2D eigenvalue weighted by molar-refractivity contribution is 0.0693. The molecule has 0 unspecified atom stereocenters. The van der Waals surface area contributed by atoms with Crippen molar-refractivity contribution in [3.63, 3.8) is 0 Å². The Bertz CT molecular complexity index is 1400. The van der Waals surface area contributed by atoms with Gasteiger partial charge in [0.1, 0.15) is 11.3 Å². The van der Waals surface area contributed by atoms with Gasteiger partial charge in [0.25, 0.3) is 20.0 Å². The summed E-state index contributed by atoms with van der Waals surface area (Å²) in [5, 5.41) is 26.2. The zero-order valence-electron chi connectivity index (χ0n) is 16.1. The van der Waals surface area contributed by atoms with Crippen LogP contribution in [0.5, 0.6) is 5.75 Å². The summed E-state index contributed by atoms with van der Waals surface area (Å²) >= 11 is 0. The second-order valence-corrected chi connectivity index (χ2v) is 9.98. The molecule has 0 fully saturated rings. The van der Waals surface area contributed by atoms with E-state index in [4.69, 9.17) is 10.8 Å². The minimum atomic E-state index is -4.41. The first-order valence-electron chi connectivity index (χ1n) is 8.70. The maximum absolute atomic E-state index is 12.5. The Labute approximate surface area is 183 Å². The summed E-state index contributed by atoms with van der Waals surface area (Å²) < 4.78 is 51.2. The van der Waals surface area contributed by atoms with Crippen LogP contribution in [0.2, 0.25) is 0 Å². The fraction of sp³-hybridized carbons (Fsp3) is 0. The molecule has 32 heavy (non-hydrogen) atoms. The van der Waals surface area contributed by atoms with Gasteiger partial charge in [-0.3, -0.25) is 0 Å². The fourth-order valence-corrected chi connectivity index (χ4v) is 5.37. The highest BCUT2D eigenvalue weighted by atomic mass is 32.3. The highest BCUT2D eigenvalue weighted by Crippen LogP contribution is 2.26. The summed E-state index contributed by atoms with van der Waals surface area (Å²) in [6.07, 6.45) is 0. The van der Waals surface area contributed by atoms with Gasteiger partial charge in [0.15, 0.2) is 0 Å². The van der Waals surface area contributed by atoms with Crippen molar-refractivity contribution in [2.24, 2.45) is 10.2 Å². The number of rotatable bonds is 7. The Morgan fingerprint density at radius 1 is 0.781 bits per heavy atom. The molecule has 0 saturated carbocycles. The van der Waals surface area contributed by atoms with Gasteiger partial charge in [-0.1, -0.05) is 0 Å². The van der Waals surface area contributed by atoms with E-state index >= 15 is 0 Å². The molecule has 0 atom stereocenters. The maximum Gasteiger partial charge on any atom is 0.339 e. The van der Waals surface area contributed by atoms with Crippen molar-refractivity contribution in [1.82, 2.24) is 4.13 Å². The van der Waals surface area contributed by atoms with Crippen LogP contribution in [-0.2, 0) is 20.0 Å². The molecule has 11 nitrogen and oxygen atoms in total. The van der Waals surface area contributed by atoms with Crippen LogP contribution in [0.3, 0.4) is 0 Å². The lowest BCUT2D eigenvalue weighted by atomic mass is 10.2. The van der Waals surface area contributed by atoms with Crippen LogP contribution in [0.25, 0.3) is 0 Å². The van der Waals surface area contributed by atoms with Crippen molar-refractivity contribution in [3.8, 4) is 5.75 Å². The quantitative estimate of drug-likeness (QED) is 0.296. The molecular weight excluding hydrogens is 460 g/mol. The number of aromatic hydroxyl groups is 1. The number of hydrogen-bond donors (Lipinski definition) is 4. The average molecular weight is 476 g/mol. The van der Waals surface area contributed by atoms with Crippen LogP contribution >= 0.6 is 0 Å². The predicted molar refractivity (Wildman–Crippen MR) is 114 cm³/mol. The van der Waals surface area contributed by atoms with E-state index in [0.717, 1.165) is 24.3 Å². The lowest BCUT2D eigenvalue weighted by Gasteiger charge is -2.08. The number of nitrogens with one attached hydrogen (secondary N) is 1. The molecule has 0 aliphatic carbocycles. The van der Waals surface area contributed by atoms with Gasteiger partial charge in [0.2, 0.25) is 0 Å². The molecule has 5 N–H and O–H groups in total. The summed E-state index contributed by atoms with van der Waals surface area (Å²) in [6, 6.07) is 13.5. The molecule has 3 aromatic rings. The number of nitrogens with two attached hydrogens (primary N) is 1. The number of aromatic carboxylic acids is 1. The maximum atomic E-state index is 12.5. The molecule has 0 radical (unpaired) electrons. The summed E-state index contributed by atoms with van der Waals surface area (Å²) in [5.74, 6) is -1.76. The van der Waals surface area contributed by atoms with E-state index in [9.17, 15) is 26.7 Å². The zero-order chi connectivity index (χ0) is 23.5. The second-order valence-electron chi connectivity index (χ2n) is 6.36. The molecule has 0 aliphatic rings. The third-order valence-corrected chi connectivity index (χ3v) is 7.59. The predicted octanol–water partition coefficient (Wildman–Crippen LogP) is 2.76. The van der Waals surface area contributed by atoms with Crippen LogP contribution in [-0.4, -0.2) is 33.0 Å². The van der Waals surface area contributed by atoms with Crippen molar-refractivity contribution in [2.45, 2.75) is 9.79 Å². The van der Waals surface area contributed by atoms with Crippen LogP contribution < -0.4 is 9.86 Å². The van der Waals surface area contributed by atoms with E-state index in [1.165, 1.54) is 42.5 Å². The minimum absolute atomic E-state index is 0.146. The van der Waals surface area contributed by atoms with Crippen LogP contribution in [0, 0.1) is 0 Å². The normalized spacial score (nSPS) is 12.1. The number of carbonyl (C=O) groups is 1. The minimum Gasteiger partial charge on any atom is -0.507 e. The van der Waals surface area contributed by atoms with E-state index in [2.05, 4.69) is 10.2 Å². The largest absolute Gasteiger partial charge is 0.507 e. The van der Waals surface area contributed by atoms with Crippen molar-refractivity contribution in [2.75, 3.05) is 5.73 Å². The summed E-state index contributed by atoms with van der Waals surface area (Å²) in [5.41, 5.74) is 5.84. The van der Waals surface area contributed by atoms with E-state index < -0.39 is 31.8 Å². The standard InChI is InChI=1S/C19H16N4O7S2/c20-12-1-6-15(7-2-12)31(27,28)23-32(29,30)16-8-3-13(4-9-16)21-22-14-5-10-18(24)17(11-14)19(25)26/h1-11,23-24H,20H2,(H,25,26). The number of anilines is 1. The third-order valence-electron chi connectivity index (χ3n) is 4.05. The van der Waals surface area contributed by atoms with Gasteiger partial charge in [-0.25, -0.2) is 21.6 Å². The fourth-order valence-electron chi connectivity index (χ4n) is 2.45. The molecule has 3 rings (SSSR count). The number of carboxylic acids is 1. The highest BCUT2D eigenvalue weighted by molar-refractivity contribution is 8.04. The number of hydrogen-bond acceptors (Lipinski definition) is 9.